The maximum Gasteiger partial charge on any atom is 0.310 e. The van der Waals surface area contributed by atoms with E-state index in [0.29, 0.717) is 0 Å². The summed E-state index contributed by atoms with van der Waals surface area (Å²) in [6.07, 6.45) is 1.57. The molecule has 0 fully saturated rings. The van der Waals surface area contributed by atoms with Crippen LogP contribution in [-0.4, -0.2) is 13.1 Å². The molecule has 0 aliphatic carbocycles. The van der Waals surface area contributed by atoms with Gasteiger partial charge in [-0.05, 0) is 13.0 Å². The molecule has 0 aliphatic heterocycles. The molecule has 0 radical (unpaired) electrons. The van der Waals surface area contributed by atoms with Crippen molar-refractivity contribution in [3.63, 3.8) is 0 Å². The van der Waals surface area contributed by atoms with Gasteiger partial charge in [-0.2, -0.15) is 0 Å². The Labute approximate surface area is 54.3 Å². The summed E-state index contributed by atoms with van der Waals surface area (Å²) in [6.45, 7) is 3.05. The molecule has 0 heterocycles. The second kappa shape index (κ2) is 3.95. The van der Waals surface area contributed by atoms with Crippen LogP contribution in [-0.2, 0) is 14.3 Å². The number of hydrogen-bond donors (Lipinski definition) is 0. The van der Waals surface area contributed by atoms with Crippen LogP contribution >= 0.6 is 0 Å². The molecule has 52 valence electrons. The highest BCUT2D eigenvalue weighted by Crippen LogP contribution is 1.96. The van der Waals surface area contributed by atoms with Gasteiger partial charge in [0.1, 0.15) is 0 Å². The summed E-state index contributed by atoms with van der Waals surface area (Å²) in [4.78, 5) is 10.2. The SMILES string of the molecule is CC=C(OC)OC(C)=O. The normalized spacial score (nSPS) is 10.8. The van der Waals surface area contributed by atoms with E-state index in [1.165, 1.54) is 14.0 Å². The van der Waals surface area contributed by atoms with Gasteiger partial charge >= 0.3 is 5.97 Å². The summed E-state index contributed by atoms with van der Waals surface area (Å²) in [7, 11) is 1.44. The predicted molar refractivity (Wildman–Crippen MR) is 32.5 cm³/mol. The number of rotatable bonds is 2. The molecule has 0 spiro atoms. The molecule has 3 heteroatoms. The van der Waals surface area contributed by atoms with Crippen molar-refractivity contribution in [2.45, 2.75) is 13.8 Å². The fourth-order valence-electron chi connectivity index (χ4n) is 0.360. The number of allylic oxidation sites excluding steroid dienone is 1. The lowest BCUT2D eigenvalue weighted by molar-refractivity contribution is -0.141. The number of methoxy groups -OCH3 is 1. The van der Waals surface area contributed by atoms with E-state index in [-0.39, 0.29) is 11.9 Å². The molecule has 0 aromatic heterocycles. The zero-order chi connectivity index (χ0) is 7.28. The quantitative estimate of drug-likeness (QED) is 0.414. The van der Waals surface area contributed by atoms with Crippen LogP contribution in [0, 0.1) is 0 Å². The lowest BCUT2D eigenvalue weighted by Crippen LogP contribution is -1.99. The fraction of sp³-hybridized carbons (Fsp3) is 0.500. The fourth-order valence-corrected chi connectivity index (χ4v) is 0.360. The third kappa shape index (κ3) is 3.58. The topological polar surface area (TPSA) is 35.5 Å². The van der Waals surface area contributed by atoms with Crippen LogP contribution in [0.1, 0.15) is 13.8 Å². The zero-order valence-electron chi connectivity index (χ0n) is 5.80. The number of carbonyl (C=O) groups excluding carboxylic acids is 1. The molecule has 0 amide bonds. The molecule has 0 bridgehead atoms. The summed E-state index contributed by atoms with van der Waals surface area (Å²) in [5.41, 5.74) is 0. The monoisotopic (exact) mass is 130 g/mol. The van der Waals surface area contributed by atoms with E-state index in [4.69, 9.17) is 0 Å². The van der Waals surface area contributed by atoms with E-state index in [1.807, 2.05) is 0 Å². The molecule has 0 saturated carbocycles. The minimum atomic E-state index is -0.370. The first-order valence-corrected chi connectivity index (χ1v) is 2.59. The van der Waals surface area contributed by atoms with E-state index in [1.54, 1.807) is 13.0 Å². The van der Waals surface area contributed by atoms with E-state index >= 15 is 0 Å². The van der Waals surface area contributed by atoms with E-state index in [2.05, 4.69) is 9.47 Å². The molecular weight excluding hydrogens is 120 g/mol. The van der Waals surface area contributed by atoms with Crippen LogP contribution in [0.25, 0.3) is 0 Å². The molecule has 0 rings (SSSR count). The zero-order valence-corrected chi connectivity index (χ0v) is 5.80. The molecule has 0 aromatic rings. The van der Waals surface area contributed by atoms with E-state index in [9.17, 15) is 4.79 Å². The average molecular weight is 130 g/mol. The molecule has 0 saturated heterocycles. The van der Waals surface area contributed by atoms with Gasteiger partial charge in [0, 0.05) is 6.92 Å². The Morgan fingerprint density at radius 1 is 1.56 bits per heavy atom. The third-order valence-corrected chi connectivity index (χ3v) is 0.681. The molecule has 0 N–H and O–H groups in total. The van der Waals surface area contributed by atoms with E-state index < -0.39 is 0 Å². The molecule has 9 heavy (non-hydrogen) atoms. The summed E-state index contributed by atoms with van der Waals surface area (Å²) in [5, 5.41) is 0. The number of ether oxygens (including phenoxy) is 2. The Bertz CT molecular complexity index is 126. The molecular formula is C6H10O3. The highest BCUT2D eigenvalue weighted by Gasteiger charge is 1.96. The smallest absolute Gasteiger partial charge is 0.310 e. The summed E-state index contributed by atoms with van der Waals surface area (Å²) in [5.74, 6) is -0.132. The van der Waals surface area contributed by atoms with E-state index in [0.717, 1.165) is 0 Å². The lowest BCUT2D eigenvalue weighted by Gasteiger charge is -2.01. The first-order chi connectivity index (χ1) is 4.20. The lowest BCUT2D eigenvalue weighted by atomic mass is 10.7. The number of esters is 1. The van der Waals surface area contributed by atoms with Crippen molar-refractivity contribution in [1.82, 2.24) is 0 Å². The largest absolute Gasteiger partial charge is 0.469 e. The van der Waals surface area contributed by atoms with Crippen LogP contribution in [0.5, 0.6) is 0 Å². The van der Waals surface area contributed by atoms with Crippen LogP contribution in [0.3, 0.4) is 0 Å². The van der Waals surface area contributed by atoms with Gasteiger partial charge in [0.15, 0.2) is 0 Å². The van der Waals surface area contributed by atoms with Crippen molar-refractivity contribution in [3.8, 4) is 0 Å². The van der Waals surface area contributed by atoms with Crippen molar-refractivity contribution in [1.29, 1.82) is 0 Å². The van der Waals surface area contributed by atoms with Crippen molar-refractivity contribution in [3.05, 3.63) is 12.0 Å². The van der Waals surface area contributed by atoms with Crippen LogP contribution in [0.2, 0.25) is 0 Å². The summed E-state index contributed by atoms with van der Waals surface area (Å²) < 4.78 is 9.18. The highest BCUT2D eigenvalue weighted by molar-refractivity contribution is 5.66. The van der Waals surface area contributed by atoms with Gasteiger partial charge in [0.2, 0.25) is 0 Å². The van der Waals surface area contributed by atoms with Gasteiger partial charge in [0.25, 0.3) is 5.95 Å². The average Bonchev–Trinajstić information content (AvgIpc) is 1.82. The van der Waals surface area contributed by atoms with Gasteiger partial charge in [-0.1, -0.05) is 0 Å². The van der Waals surface area contributed by atoms with Crippen LogP contribution < -0.4 is 0 Å². The Balaban J connectivity index is 3.71. The molecule has 0 atom stereocenters. The number of hydrogen-bond acceptors (Lipinski definition) is 3. The summed E-state index contributed by atoms with van der Waals surface area (Å²) in [6, 6.07) is 0. The van der Waals surface area contributed by atoms with Crippen molar-refractivity contribution < 1.29 is 14.3 Å². The van der Waals surface area contributed by atoms with Gasteiger partial charge in [-0.3, -0.25) is 4.79 Å². The Morgan fingerprint density at radius 3 is 2.22 bits per heavy atom. The predicted octanol–water partition coefficient (Wildman–Crippen LogP) is 1.06. The molecule has 0 aromatic carbocycles. The van der Waals surface area contributed by atoms with Crippen molar-refractivity contribution in [2.24, 2.45) is 0 Å². The van der Waals surface area contributed by atoms with Crippen molar-refractivity contribution >= 4 is 5.97 Å². The third-order valence-electron chi connectivity index (χ3n) is 0.681. The molecule has 3 nitrogen and oxygen atoms in total. The minimum Gasteiger partial charge on any atom is -0.469 e. The first-order valence-electron chi connectivity index (χ1n) is 2.59. The summed E-state index contributed by atoms with van der Waals surface area (Å²) >= 11 is 0. The second-order valence-electron chi connectivity index (χ2n) is 1.41. The Kier molecular flexibility index (Phi) is 3.51. The van der Waals surface area contributed by atoms with Crippen molar-refractivity contribution in [2.75, 3.05) is 7.11 Å². The number of carbonyl (C=O) groups is 1. The van der Waals surface area contributed by atoms with Crippen LogP contribution in [0.4, 0.5) is 0 Å². The standard InChI is InChI=1S/C6H10O3/c1-4-6(8-3)9-5(2)7/h4H,1-3H3. The van der Waals surface area contributed by atoms with Gasteiger partial charge in [0.05, 0.1) is 7.11 Å². The maximum atomic E-state index is 10.2. The molecule has 0 aliphatic rings. The Morgan fingerprint density at radius 2 is 2.11 bits per heavy atom. The first kappa shape index (κ1) is 8.01. The molecule has 0 unspecified atom stereocenters. The second-order valence-corrected chi connectivity index (χ2v) is 1.41. The minimum absolute atomic E-state index is 0.238. The maximum absolute atomic E-state index is 10.2. The van der Waals surface area contributed by atoms with Gasteiger partial charge in [-0.15, -0.1) is 0 Å². The highest BCUT2D eigenvalue weighted by atomic mass is 16.7. The van der Waals surface area contributed by atoms with Gasteiger partial charge in [-0.25, -0.2) is 0 Å². The van der Waals surface area contributed by atoms with Crippen LogP contribution in [0.15, 0.2) is 12.0 Å². The Hall–Kier alpha value is -0.990. The van der Waals surface area contributed by atoms with Gasteiger partial charge < -0.3 is 9.47 Å².